The summed E-state index contributed by atoms with van der Waals surface area (Å²) >= 11 is 0. The average molecular weight is 367 g/mol. The lowest BCUT2D eigenvalue weighted by Crippen LogP contribution is -2.25. The van der Waals surface area contributed by atoms with Crippen LogP contribution in [0, 0.1) is 12.7 Å². The molecule has 0 N–H and O–H groups in total. The van der Waals surface area contributed by atoms with E-state index in [9.17, 15) is 9.18 Å². The Kier molecular flexibility index (Phi) is 4.35. The van der Waals surface area contributed by atoms with E-state index < -0.39 is 0 Å². The first-order chi connectivity index (χ1) is 13.0. The zero-order valence-corrected chi connectivity index (χ0v) is 15.0. The third-order valence-electron chi connectivity index (χ3n) is 4.73. The number of hydrogen-bond acceptors (Lipinski definition) is 5. The van der Waals surface area contributed by atoms with E-state index in [0.29, 0.717) is 23.9 Å². The Morgan fingerprint density at radius 1 is 1.22 bits per heavy atom. The lowest BCUT2D eigenvalue weighted by molar-refractivity contribution is -0.117. The van der Waals surface area contributed by atoms with Crippen LogP contribution in [-0.2, 0) is 4.79 Å². The number of hydrogen-bond donors (Lipinski definition) is 0. The summed E-state index contributed by atoms with van der Waals surface area (Å²) in [4.78, 5) is 18.5. The Morgan fingerprint density at radius 2 is 2.00 bits per heavy atom. The van der Waals surface area contributed by atoms with Gasteiger partial charge in [-0.3, -0.25) is 4.79 Å². The van der Waals surface area contributed by atoms with Crippen molar-refractivity contribution in [3.8, 4) is 17.1 Å². The highest BCUT2D eigenvalue weighted by molar-refractivity contribution is 5.97. The molecule has 1 amide bonds. The molecule has 1 aromatic heterocycles. The van der Waals surface area contributed by atoms with E-state index in [-0.39, 0.29) is 24.1 Å². The number of ether oxygens (including phenoxy) is 1. The molecule has 0 radical (unpaired) electrons. The summed E-state index contributed by atoms with van der Waals surface area (Å²) in [5.74, 6) is 0.931. The van der Waals surface area contributed by atoms with Crippen LogP contribution in [0.1, 0.15) is 23.8 Å². The molecule has 1 fully saturated rings. The smallest absolute Gasteiger partial charge is 0.232 e. The van der Waals surface area contributed by atoms with Crippen molar-refractivity contribution in [2.45, 2.75) is 19.3 Å². The summed E-state index contributed by atoms with van der Waals surface area (Å²) in [7, 11) is 1.60. The molecule has 27 heavy (non-hydrogen) atoms. The minimum Gasteiger partial charge on any atom is -0.497 e. The van der Waals surface area contributed by atoms with E-state index in [1.165, 1.54) is 12.1 Å². The second-order valence-electron chi connectivity index (χ2n) is 6.52. The van der Waals surface area contributed by atoms with Gasteiger partial charge >= 0.3 is 0 Å². The molecule has 0 saturated carbocycles. The molecular formula is C20H18FN3O3. The van der Waals surface area contributed by atoms with Gasteiger partial charge < -0.3 is 14.2 Å². The Labute approximate surface area is 155 Å². The average Bonchev–Trinajstić information content (AvgIpc) is 3.31. The van der Waals surface area contributed by atoms with Crippen LogP contribution in [0.15, 0.2) is 47.0 Å². The first-order valence-corrected chi connectivity index (χ1v) is 8.59. The van der Waals surface area contributed by atoms with E-state index in [0.717, 1.165) is 16.9 Å². The summed E-state index contributed by atoms with van der Waals surface area (Å²) in [6.45, 7) is 2.23. The zero-order valence-electron chi connectivity index (χ0n) is 15.0. The topological polar surface area (TPSA) is 68.5 Å². The molecular weight excluding hydrogens is 349 g/mol. The van der Waals surface area contributed by atoms with Gasteiger partial charge in [0.1, 0.15) is 11.6 Å². The van der Waals surface area contributed by atoms with Crippen molar-refractivity contribution < 1.29 is 18.4 Å². The fourth-order valence-electron chi connectivity index (χ4n) is 3.24. The molecule has 3 aromatic rings. The molecule has 2 heterocycles. The highest BCUT2D eigenvalue weighted by Gasteiger charge is 2.35. The second-order valence-corrected chi connectivity index (χ2v) is 6.52. The van der Waals surface area contributed by atoms with Crippen molar-refractivity contribution in [3.05, 3.63) is 59.7 Å². The van der Waals surface area contributed by atoms with Gasteiger partial charge in [0.25, 0.3) is 0 Å². The molecule has 4 rings (SSSR count). The largest absolute Gasteiger partial charge is 0.497 e. The number of methoxy groups -OCH3 is 1. The molecule has 1 saturated heterocycles. The number of anilines is 1. The minimum absolute atomic E-state index is 0.0853. The zero-order chi connectivity index (χ0) is 19.0. The van der Waals surface area contributed by atoms with Crippen LogP contribution in [0.2, 0.25) is 0 Å². The van der Waals surface area contributed by atoms with Crippen LogP contribution >= 0.6 is 0 Å². The first-order valence-electron chi connectivity index (χ1n) is 8.59. The summed E-state index contributed by atoms with van der Waals surface area (Å²) in [6, 6.07) is 11.8. The minimum atomic E-state index is -0.369. The maximum Gasteiger partial charge on any atom is 0.232 e. The van der Waals surface area contributed by atoms with Crippen molar-refractivity contribution in [1.82, 2.24) is 10.1 Å². The van der Waals surface area contributed by atoms with Gasteiger partial charge in [0, 0.05) is 24.2 Å². The number of carbonyl (C=O) groups excluding carboxylic acids is 1. The quantitative estimate of drug-likeness (QED) is 0.703. The highest BCUT2D eigenvalue weighted by atomic mass is 19.1. The standard InChI is InChI=1S/C20H18FN3O3/c1-12-3-6-15(21)10-17(12)24-11-14(9-18(24)25)20-22-19(23-27-20)13-4-7-16(26-2)8-5-13/h3-8,10,14H,9,11H2,1-2H3. The lowest BCUT2D eigenvalue weighted by atomic mass is 10.1. The normalized spacial score (nSPS) is 16.8. The summed E-state index contributed by atoms with van der Waals surface area (Å²) < 4.78 is 24.1. The molecule has 7 heteroatoms. The highest BCUT2D eigenvalue weighted by Crippen LogP contribution is 2.33. The van der Waals surface area contributed by atoms with E-state index in [4.69, 9.17) is 9.26 Å². The third kappa shape index (κ3) is 3.28. The van der Waals surface area contributed by atoms with E-state index in [1.807, 2.05) is 31.2 Å². The predicted molar refractivity (Wildman–Crippen MR) is 97.1 cm³/mol. The summed E-state index contributed by atoms with van der Waals surface area (Å²) in [6.07, 6.45) is 0.250. The molecule has 1 atom stereocenters. The van der Waals surface area contributed by atoms with Crippen LogP contribution in [0.3, 0.4) is 0 Å². The van der Waals surface area contributed by atoms with Gasteiger partial charge in [-0.05, 0) is 48.9 Å². The maximum atomic E-state index is 13.6. The van der Waals surface area contributed by atoms with Gasteiger partial charge in [-0.15, -0.1) is 0 Å². The second kappa shape index (κ2) is 6.83. The van der Waals surface area contributed by atoms with Crippen molar-refractivity contribution in [2.24, 2.45) is 0 Å². The number of aromatic nitrogens is 2. The Morgan fingerprint density at radius 3 is 2.74 bits per heavy atom. The summed E-state index contributed by atoms with van der Waals surface area (Å²) in [5.41, 5.74) is 2.22. The molecule has 1 aliphatic heterocycles. The van der Waals surface area contributed by atoms with Crippen molar-refractivity contribution in [3.63, 3.8) is 0 Å². The number of carbonyl (C=O) groups is 1. The van der Waals surface area contributed by atoms with Crippen LogP contribution in [0.4, 0.5) is 10.1 Å². The van der Waals surface area contributed by atoms with Gasteiger partial charge in [-0.25, -0.2) is 4.39 Å². The SMILES string of the molecule is COc1ccc(-c2noc(C3CC(=O)N(c4cc(F)ccc4C)C3)n2)cc1. The Bertz CT molecular complexity index is 984. The van der Waals surface area contributed by atoms with Crippen molar-refractivity contribution in [1.29, 1.82) is 0 Å². The molecule has 1 unspecified atom stereocenters. The Balaban J connectivity index is 1.56. The van der Waals surface area contributed by atoms with Gasteiger partial charge in [0.05, 0.1) is 13.0 Å². The van der Waals surface area contributed by atoms with Crippen LogP contribution < -0.4 is 9.64 Å². The van der Waals surface area contributed by atoms with E-state index in [2.05, 4.69) is 10.1 Å². The molecule has 138 valence electrons. The lowest BCUT2D eigenvalue weighted by Gasteiger charge is -2.18. The van der Waals surface area contributed by atoms with Crippen LogP contribution in [0.5, 0.6) is 5.75 Å². The molecule has 1 aliphatic rings. The number of nitrogens with zero attached hydrogens (tertiary/aromatic N) is 3. The first kappa shape index (κ1) is 17.2. The van der Waals surface area contributed by atoms with Gasteiger partial charge in [0.2, 0.25) is 17.6 Å². The van der Waals surface area contributed by atoms with Gasteiger partial charge in [0.15, 0.2) is 0 Å². The number of aryl methyl sites for hydroxylation is 1. The summed E-state index contributed by atoms with van der Waals surface area (Å²) in [5, 5.41) is 4.02. The Hall–Kier alpha value is -3.22. The van der Waals surface area contributed by atoms with Crippen molar-refractivity contribution >= 4 is 11.6 Å². The fraction of sp³-hybridized carbons (Fsp3) is 0.250. The monoisotopic (exact) mass is 367 g/mol. The molecule has 2 aromatic carbocycles. The van der Waals surface area contributed by atoms with Crippen LogP contribution in [0.25, 0.3) is 11.4 Å². The molecule has 0 aliphatic carbocycles. The van der Waals surface area contributed by atoms with Crippen LogP contribution in [-0.4, -0.2) is 29.7 Å². The molecule has 0 spiro atoms. The number of amides is 1. The van der Waals surface area contributed by atoms with E-state index >= 15 is 0 Å². The third-order valence-corrected chi connectivity index (χ3v) is 4.73. The maximum absolute atomic E-state index is 13.6. The van der Waals surface area contributed by atoms with E-state index in [1.54, 1.807) is 18.1 Å². The van der Waals surface area contributed by atoms with Gasteiger partial charge in [-0.2, -0.15) is 4.98 Å². The molecule has 6 nitrogen and oxygen atoms in total. The number of halogens is 1. The fourth-order valence-corrected chi connectivity index (χ4v) is 3.24. The number of rotatable bonds is 4. The van der Waals surface area contributed by atoms with Gasteiger partial charge in [-0.1, -0.05) is 11.2 Å². The number of benzene rings is 2. The predicted octanol–water partition coefficient (Wildman–Crippen LogP) is 3.71. The molecule has 0 bridgehead atoms. The van der Waals surface area contributed by atoms with Crippen molar-refractivity contribution in [2.75, 3.05) is 18.6 Å².